The first-order chi connectivity index (χ1) is 11.7. The monoisotopic (exact) mass is 360 g/mol. The van der Waals surface area contributed by atoms with Gasteiger partial charge in [0.05, 0.1) is 18.0 Å². The molecule has 2 aromatic carbocycles. The maximum Gasteiger partial charge on any atom is 0.241 e. The van der Waals surface area contributed by atoms with Gasteiger partial charge in [-0.1, -0.05) is 42.0 Å². The van der Waals surface area contributed by atoms with Gasteiger partial charge >= 0.3 is 0 Å². The molecule has 1 atom stereocenters. The lowest BCUT2D eigenvalue weighted by atomic mass is 10.0. The van der Waals surface area contributed by atoms with Crippen molar-refractivity contribution >= 4 is 21.6 Å². The van der Waals surface area contributed by atoms with Gasteiger partial charge in [-0.25, -0.2) is 8.42 Å². The molecular weight excluding hydrogens is 336 g/mol. The van der Waals surface area contributed by atoms with Crippen LogP contribution in [0.4, 0.5) is 5.69 Å². The zero-order valence-electron chi connectivity index (χ0n) is 15.0. The Morgan fingerprint density at radius 3 is 2.32 bits per heavy atom. The number of carbonyl (C=O) groups excluding carboxylic acids is 1. The third-order valence-corrected chi connectivity index (χ3v) is 5.14. The molecule has 0 radical (unpaired) electrons. The van der Waals surface area contributed by atoms with Crippen LogP contribution in [0.5, 0.6) is 0 Å². The highest BCUT2D eigenvalue weighted by Gasteiger charge is 2.22. The number of hydrogen-bond donors (Lipinski definition) is 1. The van der Waals surface area contributed by atoms with Crippen LogP contribution in [0.3, 0.4) is 0 Å². The number of amides is 1. The Bertz CT molecular complexity index is 848. The zero-order valence-corrected chi connectivity index (χ0v) is 15.8. The lowest BCUT2D eigenvalue weighted by Gasteiger charge is -2.23. The average molecular weight is 360 g/mol. The molecule has 0 saturated carbocycles. The predicted octanol–water partition coefficient (Wildman–Crippen LogP) is 2.95. The molecule has 0 aliphatic carbocycles. The molecule has 1 amide bonds. The second kappa shape index (κ2) is 7.70. The van der Waals surface area contributed by atoms with Crippen molar-refractivity contribution in [1.29, 1.82) is 0 Å². The fourth-order valence-corrected chi connectivity index (χ4v) is 3.66. The van der Waals surface area contributed by atoms with E-state index in [0.717, 1.165) is 27.3 Å². The molecule has 0 aromatic heterocycles. The lowest BCUT2D eigenvalue weighted by Crippen LogP contribution is -2.41. The zero-order chi connectivity index (χ0) is 18.6. The number of nitrogens with one attached hydrogen (secondary N) is 1. The minimum Gasteiger partial charge on any atom is -0.348 e. The number of carbonyl (C=O) groups is 1. The van der Waals surface area contributed by atoms with Gasteiger partial charge in [-0.2, -0.15) is 0 Å². The van der Waals surface area contributed by atoms with E-state index in [9.17, 15) is 13.2 Å². The van der Waals surface area contributed by atoms with Gasteiger partial charge in [0.15, 0.2) is 0 Å². The quantitative estimate of drug-likeness (QED) is 0.861. The van der Waals surface area contributed by atoms with Gasteiger partial charge in [0.1, 0.15) is 6.54 Å². The van der Waals surface area contributed by atoms with Crippen molar-refractivity contribution in [1.82, 2.24) is 5.32 Å². The number of para-hydroxylation sites is 1. The fourth-order valence-electron chi connectivity index (χ4n) is 2.80. The first kappa shape index (κ1) is 19.0. The molecular formula is C19H24N2O3S. The molecule has 0 heterocycles. The van der Waals surface area contributed by atoms with Gasteiger partial charge in [0.2, 0.25) is 15.9 Å². The molecule has 2 aromatic rings. The van der Waals surface area contributed by atoms with Crippen molar-refractivity contribution < 1.29 is 13.2 Å². The van der Waals surface area contributed by atoms with E-state index >= 15 is 0 Å². The number of hydrogen-bond acceptors (Lipinski definition) is 3. The van der Waals surface area contributed by atoms with E-state index in [1.807, 2.05) is 32.9 Å². The van der Waals surface area contributed by atoms with Crippen LogP contribution in [0.1, 0.15) is 29.7 Å². The molecule has 0 saturated heterocycles. The summed E-state index contributed by atoms with van der Waals surface area (Å²) in [7, 11) is -3.55. The molecule has 0 bridgehead atoms. The van der Waals surface area contributed by atoms with Crippen LogP contribution in [0.15, 0.2) is 48.5 Å². The Morgan fingerprint density at radius 2 is 1.76 bits per heavy atom. The third kappa shape index (κ3) is 5.06. The van der Waals surface area contributed by atoms with E-state index in [4.69, 9.17) is 0 Å². The first-order valence-corrected chi connectivity index (χ1v) is 9.92. The summed E-state index contributed by atoms with van der Waals surface area (Å²) in [6.07, 6.45) is 1.10. The van der Waals surface area contributed by atoms with Gasteiger partial charge in [0, 0.05) is 0 Å². The van der Waals surface area contributed by atoms with Crippen LogP contribution in [0, 0.1) is 13.8 Å². The average Bonchev–Trinajstić information content (AvgIpc) is 2.52. The standard InChI is InChI=1S/C19H24N2O3S/c1-14-10-11-18(15(2)12-14)16(3)20-19(22)13-21(25(4,23)24)17-8-6-5-7-9-17/h5-12,16H,13H2,1-4H3,(H,20,22)/t16-/m1/s1. The molecule has 6 heteroatoms. The second-order valence-corrected chi connectivity index (χ2v) is 8.16. The van der Waals surface area contributed by atoms with Gasteiger partial charge < -0.3 is 5.32 Å². The van der Waals surface area contributed by atoms with Crippen molar-refractivity contribution in [2.45, 2.75) is 26.8 Å². The molecule has 0 aliphatic rings. The number of sulfonamides is 1. The Kier molecular flexibility index (Phi) is 5.85. The smallest absolute Gasteiger partial charge is 0.241 e. The summed E-state index contributed by atoms with van der Waals surface area (Å²) in [4.78, 5) is 12.4. The molecule has 0 spiro atoms. The third-order valence-electron chi connectivity index (χ3n) is 4.00. The summed E-state index contributed by atoms with van der Waals surface area (Å²) in [5, 5.41) is 2.88. The summed E-state index contributed by atoms with van der Waals surface area (Å²) in [5.74, 6) is -0.346. The maximum absolute atomic E-state index is 12.4. The van der Waals surface area contributed by atoms with Crippen LogP contribution >= 0.6 is 0 Å². The highest BCUT2D eigenvalue weighted by atomic mass is 32.2. The normalized spacial score (nSPS) is 12.5. The SMILES string of the molecule is Cc1ccc([C@@H](C)NC(=O)CN(c2ccccc2)S(C)(=O)=O)c(C)c1. The summed E-state index contributed by atoms with van der Waals surface area (Å²) in [5.41, 5.74) is 3.74. The van der Waals surface area contributed by atoms with Crippen LogP contribution in [-0.2, 0) is 14.8 Å². The van der Waals surface area contributed by atoms with Crippen LogP contribution < -0.4 is 9.62 Å². The van der Waals surface area contributed by atoms with Crippen molar-refractivity contribution in [3.8, 4) is 0 Å². The topological polar surface area (TPSA) is 66.5 Å². The molecule has 0 unspecified atom stereocenters. The minimum absolute atomic E-state index is 0.203. The van der Waals surface area contributed by atoms with E-state index in [2.05, 4.69) is 11.4 Å². The first-order valence-electron chi connectivity index (χ1n) is 8.08. The molecule has 1 N–H and O–H groups in total. The summed E-state index contributed by atoms with van der Waals surface area (Å²) < 4.78 is 25.2. The van der Waals surface area contributed by atoms with E-state index in [1.54, 1.807) is 30.3 Å². The fraction of sp³-hybridized carbons (Fsp3) is 0.316. The highest BCUT2D eigenvalue weighted by Crippen LogP contribution is 2.20. The number of rotatable bonds is 6. The highest BCUT2D eigenvalue weighted by molar-refractivity contribution is 7.92. The Labute approximate surface area is 149 Å². The molecule has 0 aliphatic heterocycles. The van der Waals surface area contributed by atoms with Gasteiger partial charge in [0.25, 0.3) is 0 Å². The second-order valence-electron chi connectivity index (χ2n) is 6.25. The van der Waals surface area contributed by atoms with E-state index in [1.165, 1.54) is 0 Å². The maximum atomic E-state index is 12.4. The molecule has 134 valence electrons. The largest absolute Gasteiger partial charge is 0.348 e. The van der Waals surface area contributed by atoms with Gasteiger partial charge in [-0.3, -0.25) is 9.10 Å². The molecule has 2 rings (SSSR count). The number of benzene rings is 2. The lowest BCUT2D eigenvalue weighted by molar-refractivity contribution is -0.120. The summed E-state index contributed by atoms with van der Waals surface area (Å²) in [6, 6.07) is 14.5. The van der Waals surface area contributed by atoms with Gasteiger partial charge in [-0.15, -0.1) is 0 Å². The van der Waals surface area contributed by atoms with Crippen molar-refractivity contribution in [2.75, 3.05) is 17.1 Å². The Hall–Kier alpha value is -2.34. The molecule has 0 fully saturated rings. The van der Waals surface area contributed by atoms with Crippen LogP contribution in [-0.4, -0.2) is 27.1 Å². The number of anilines is 1. The van der Waals surface area contributed by atoms with E-state index in [-0.39, 0.29) is 18.5 Å². The Morgan fingerprint density at radius 1 is 1.12 bits per heavy atom. The van der Waals surface area contributed by atoms with Gasteiger partial charge in [-0.05, 0) is 44.0 Å². The van der Waals surface area contributed by atoms with E-state index in [0.29, 0.717) is 5.69 Å². The minimum atomic E-state index is -3.55. The Balaban J connectivity index is 2.14. The molecule has 5 nitrogen and oxygen atoms in total. The summed E-state index contributed by atoms with van der Waals surface area (Å²) >= 11 is 0. The van der Waals surface area contributed by atoms with Crippen LogP contribution in [0.2, 0.25) is 0 Å². The number of nitrogens with zero attached hydrogens (tertiary/aromatic N) is 1. The van der Waals surface area contributed by atoms with Crippen LogP contribution in [0.25, 0.3) is 0 Å². The van der Waals surface area contributed by atoms with Crippen molar-refractivity contribution in [2.24, 2.45) is 0 Å². The van der Waals surface area contributed by atoms with Crippen molar-refractivity contribution in [3.63, 3.8) is 0 Å². The number of aryl methyl sites for hydroxylation is 2. The molecule has 25 heavy (non-hydrogen) atoms. The van der Waals surface area contributed by atoms with Crippen molar-refractivity contribution in [3.05, 3.63) is 65.2 Å². The van der Waals surface area contributed by atoms with E-state index < -0.39 is 10.0 Å². The predicted molar refractivity (Wildman–Crippen MR) is 101 cm³/mol. The summed E-state index contributed by atoms with van der Waals surface area (Å²) in [6.45, 7) is 5.66.